The number of nitrogens with zero attached hydrogens (tertiary/aromatic N) is 2. The average molecular weight is 309 g/mol. The number of hydrogen-bond donors (Lipinski definition) is 2. The Morgan fingerprint density at radius 3 is 2.61 bits per heavy atom. The van der Waals surface area contributed by atoms with Gasteiger partial charge >= 0.3 is 0 Å². The Hall–Kier alpha value is -2.33. The molecule has 0 aliphatic rings. The lowest BCUT2D eigenvalue weighted by molar-refractivity contribution is 0.475. The summed E-state index contributed by atoms with van der Waals surface area (Å²) in [6.45, 7) is 3.13. The molecule has 0 radical (unpaired) electrons. The number of aromatic nitrogens is 2. The van der Waals surface area contributed by atoms with Crippen molar-refractivity contribution in [2.75, 3.05) is 0 Å². The summed E-state index contributed by atoms with van der Waals surface area (Å²) in [5, 5.41) is 9.40. The number of aromatic hydroxyl groups is 1. The van der Waals surface area contributed by atoms with Crippen molar-refractivity contribution in [2.24, 2.45) is 5.73 Å². The molecule has 3 rings (SSSR count). The number of phenols is 1. The first-order valence-electron chi connectivity index (χ1n) is 8.17. The van der Waals surface area contributed by atoms with E-state index in [1.54, 1.807) is 12.1 Å². The third-order valence-electron chi connectivity index (χ3n) is 4.14. The molecule has 0 bridgehead atoms. The second-order valence-electron chi connectivity index (χ2n) is 5.94. The van der Waals surface area contributed by atoms with Gasteiger partial charge in [-0.05, 0) is 42.7 Å². The summed E-state index contributed by atoms with van der Waals surface area (Å²) in [6, 6.07) is 15.2. The molecule has 4 heteroatoms. The molecule has 120 valence electrons. The number of aryl methyl sites for hydroxylation is 1. The van der Waals surface area contributed by atoms with Crippen molar-refractivity contribution in [1.29, 1.82) is 0 Å². The second-order valence-corrected chi connectivity index (χ2v) is 5.94. The van der Waals surface area contributed by atoms with E-state index in [4.69, 9.17) is 10.7 Å². The molecule has 1 unspecified atom stereocenters. The first kappa shape index (κ1) is 15.6. The zero-order chi connectivity index (χ0) is 16.2. The van der Waals surface area contributed by atoms with Crippen LogP contribution in [-0.4, -0.2) is 14.7 Å². The summed E-state index contributed by atoms with van der Waals surface area (Å²) in [4.78, 5) is 4.77. The van der Waals surface area contributed by atoms with E-state index in [0.717, 1.165) is 41.8 Å². The maximum atomic E-state index is 9.40. The number of fused-ring (bicyclic) bond motifs is 1. The van der Waals surface area contributed by atoms with Gasteiger partial charge in [0.05, 0.1) is 17.1 Å². The van der Waals surface area contributed by atoms with Gasteiger partial charge in [0, 0.05) is 6.54 Å². The molecule has 0 aliphatic heterocycles. The van der Waals surface area contributed by atoms with Crippen molar-refractivity contribution in [2.45, 2.75) is 38.8 Å². The predicted molar refractivity (Wildman–Crippen MR) is 93.4 cm³/mol. The van der Waals surface area contributed by atoms with Crippen molar-refractivity contribution >= 4 is 11.0 Å². The van der Waals surface area contributed by atoms with Gasteiger partial charge in [0.1, 0.15) is 11.6 Å². The highest BCUT2D eigenvalue weighted by Crippen LogP contribution is 2.23. The lowest BCUT2D eigenvalue weighted by Crippen LogP contribution is -2.19. The van der Waals surface area contributed by atoms with E-state index >= 15 is 0 Å². The number of hydrogen-bond acceptors (Lipinski definition) is 3. The molecule has 3 aromatic rings. The van der Waals surface area contributed by atoms with Gasteiger partial charge in [-0.2, -0.15) is 0 Å². The van der Waals surface area contributed by atoms with Crippen LogP contribution in [-0.2, 0) is 13.0 Å². The Morgan fingerprint density at radius 2 is 1.87 bits per heavy atom. The molecule has 23 heavy (non-hydrogen) atoms. The Morgan fingerprint density at radius 1 is 1.13 bits per heavy atom. The van der Waals surface area contributed by atoms with Crippen LogP contribution in [0.5, 0.6) is 5.75 Å². The minimum atomic E-state index is -0.163. The SMILES string of the molecule is CCCCn1c(C(N)Cc2ccc(O)cc2)nc2ccccc21. The third kappa shape index (κ3) is 3.37. The van der Waals surface area contributed by atoms with Crippen LogP contribution in [0.15, 0.2) is 48.5 Å². The van der Waals surface area contributed by atoms with E-state index in [1.807, 2.05) is 30.3 Å². The number of imidazole rings is 1. The van der Waals surface area contributed by atoms with Crippen LogP contribution in [0.25, 0.3) is 11.0 Å². The first-order valence-corrected chi connectivity index (χ1v) is 8.17. The van der Waals surface area contributed by atoms with Crippen LogP contribution in [0.4, 0.5) is 0 Å². The third-order valence-corrected chi connectivity index (χ3v) is 4.14. The fourth-order valence-electron chi connectivity index (χ4n) is 2.91. The molecule has 4 nitrogen and oxygen atoms in total. The van der Waals surface area contributed by atoms with Gasteiger partial charge in [-0.25, -0.2) is 4.98 Å². The largest absolute Gasteiger partial charge is 0.508 e. The van der Waals surface area contributed by atoms with E-state index < -0.39 is 0 Å². The van der Waals surface area contributed by atoms with Gasteiger partial charge < -0.3 is 15.4 Å². The Bertz CT molecular complexity index is 777. The quantitative estimate of drug-likeness (QED) is 0.728. The molecule has 0 aliphatic carbocycles. The Balaban J connectivity index is 1.92. The zero-order valence-electron chi connectivity index (χ0n) is 13.4. The van der Waals surface area contributed by atoms with Crippen molar-refractivity contribution in [1.82, 2.24) is 9.55 Å². The second kappa shape index (κ2) is 6.84. The van der Waals surface area contributed by atoms with Gasteiger partial charge in [0.2, 0.25) is 0 Å². The van der Waals surface area contributed by atoms with E-state index in [0.29, 0.717) is 6.42 Å². The van der Waals surface area contributed by atoms with Gasteiger partial charge in [0.15, 0.2) is 0 Å². The van der Waals surface area contributed by atoms with Crippen molar-refractivity contribution in [3.63, 3.8) is 0 Å². The van der Waals surface area contributed by atoms with E-state index in [2.05, 4.69) is 17.6 Å². The maximum Gasteiger partial charge on any atom is 0.127 e. The Kier molecular flexibility index (Phi) is 4.63. The molecule has 0 saturated heterocycles. The zero-order valence-corrected chi connectivity index (χ0v) is 13.4. The van der Waals surface area contributed by atoms with Crippen LogP contribution in [0.1, 0.15) is 37.2 Å². The number of phenolic OH excluding ortho intramolecular Hbond substituents is 1. The topological polar surface area (TPSA) is 64.1 Å². The van der Waals surface area contributed by atoms with Crippen molar-refractivity contribution in [3.8, 4) is 5.75 Å². The number of rotatable bonds is 6. The molecule has 2 aromatic carbocycles. The number of para-hydroxylation sites is 2. The standard InChI is InChI=1S/C19H23N3O/c1-2-3-12-22-18-7-5-4-6-17(18)21-19(22)16(20)13-14-8-10-15(23)11-9-14/h4-11,16,23H,2-3,12-13,20H2,1H3. The minimum absolute atomic E-state index is 0.163. The summed E-state index contributed by atoms with van der Waals surface area (Å²) >= 11 is 0. The lowest BCUT2D eigenvalue weighted by Gasteiger charge is -2.15. The smallest absolute Gasteiger partial charge is 0.127 e. The molecule has 0 amide bonds. The van der Waals surface area contributed by atoms with Crippen LogP contribution in [0, 0.1) is 0 Å². The molecular weight excluding hydrogens is 286 g/mol. The number of unbranched alkanes of at least 4 members (excludes halogenated alkanes) is 1. The number of benzene rings is 2. The normalized spacial score (nSPS) is 12.6. The highest BCUT2D eigenvalue weighted by molar-refractivity contribution is 5.76. The summed E-state index contributed by atoms with van der Waals surface area (Å²) < 4.78 is 2.25. The van der Waals surface area contributed by atoms with Gasteiger partial charge in [-0.15, -0.1) is 0 Å². The minimum Gasteiger partial charge on any atom is -0.508 e. The molecule has 1 heterocycles. The van der Waals surface area contributed by atoms with Crippen LogP contribution >= 0.6 is 0 Å². The first-order chi connectivity index (χ1) is 11.2. The average Bonchev–Trinajstić information content (AvgIpc) is 2.94. The summed E-state index contributed by atoms with van der Waals surface area (Å²) in [5.74, 6) is 1.21. The lowest BCUT2D eigenvalue weighted by atomic mass is 10.1. The maximum absolute atomic E-state index is 9.40. The van der Waals surface area contributed by atoms with Crippen molar-refractivity contribution < 1.29 is 5.11 Å². The monoisotopic (exact) mass is 309 g/mol. The summed E-state index contributed by atoms with van der Waals surface area (Å²) in [6.07, 6.45) is 2.95. The molecule has 1 atom stereocenters. The van der Waals surface area contributed by atoms with E-state index in [9.17, 15) is 5.11 Å². The molecule has 0 fully saturated rings. The molecule has 0 spiro atoms. The van der Waals surface area contributed by atoms with Gasteiger partial charge in [-0.1, -0.05) is 37.6 Å². The summed E-state index contributed by atoms with van der Waals surface area (Å²) in [5.41, 5.74) is 9.71. The van der Waals surface area contributed by atoms with E-state index in [1.165, 1.54) is 0 Å². The van der Waals surface area contributed by atoms with Gasteiger partial charge in [0.25, 0.3) is 0 Å². The van der Waals surface area contributed by atoms with Crippen LogP contribution in [0.2, 0.25) is 0 Å². The fourth-order valence-corrected chi connectivity index (χ4v) is 2.91. The highest BCUT2D eigenvalue weighted by atomic mass is 16.3. The highest BCUT2D eigenvalue weighted by Gasteiger charge is 2.17. The fraction of sp³-hybridized carbons (Fsp3) is 0.316. The number of nitrogens with two attached hydrogens (primary N) is 1. The van der Waals surface area contributed by atoms with Crippen molar-refractivity contribution in [3.05, 3.63) is 59.9 Å². The van der Waals surface area contributed by atoms with Crippen LogP contribution in [0.3, 0.4) is 0 Å². The van der Waals surface area contributed by atoms with Gasteiger partial charge in [-0.3, -0.25) is 0 Å². The summed E-state index contributed by atoms with van der Waals surface area (Å²) in [7, 11) is 0. The molecule has 0 saturated carbocycles. The molecule has 3 N–H and O–H groups in total. The Labute approximate surface area is 136 Å². The van der Waals surface area contributed by atoms with Crippen LogP contribution < -0.4 is 5.73 Å². The molecule has 1 aromatic heterocycles. The molecular formula is C19H23N3O. The van der Waals surface area contributed by atoms with E-state index in [-0.39, 0.29) is 11.8 Å². The predicted octanol–water partition coefficient (Wildman–Crippen LogP) is 3.78.